The molecule has 0 heterocycles. The molecule has 0 saturated carbocycles. The van der Waals surface area contributed by atoms with E-state index in [4.69, 9.17) is 11.6 Å². The van der Waals surface area contributed by atoms with Crippen molar-refractivity contribution in [3.63, 3.8) is 0 Å². The minimum Gasteiger partial charge on any atom is -0.0843 e. The zero-order valence-corrected chi connectivity index (χ0v) is 12.6. The van der Waals surface area contributed by atoms with Crippen LogP contribution in [0.4, 0.5) is 0 Å². The van der Waals surface area contributed by atoms with Crippen LogP contribution in [-0.2, 0) is 6.42 Å². The maximum Gasteiger partial charge on any atom is 0.0411 e. The molecule has 0 N–H and O–H groups in total. The summed E-state index contributed by atoms with van der Waals surface area (Å²) in [4.78, 5) is 0. The van der Waals surface area contributed by atoms with Gasteiger partial charge in [-0.15, -0.1) is 0 Å². The van der Waals surface area contributed by atoms with Gasteiger partial charge >= 0.3 is 0 Å². The fourth-order valence-electron chi connectivity index (χ4n) is 2.38. The van der Waals surface area contributed by atoms with Crippen LogP contribution in [-0.4, -0.2) is 0 Å². The van der Waals surface area contributed by atoms with E-state index in [1.807, 2.05) is 0 Å². The lowest BCUT2D eigenvalue weighted by molar-refractivity contribution is 0.755. The van der Waals surface area contributed by atoms with Gasteiger partial charge in [-0.25, -0.2) is 0 Å². The Morgan fingerprint density at radius 1 is 0.895 bits per heavy atom. The lowest BCUT2D eigenvalue weighted by atomic mass is 9.91. The predicted molar refractivity (Wildman–Crippen MR) is 84.1 cm³/mol. The Hall–Kier alpha value is -1.27. The summed E-state index contributed by atoms with van der Waals surface area (Å²) in [5.74, 6) is 1.03. The van der Waals surface area contributed by atoms with E-state index < -0.39 is 0 Å². The zero-order chi connectivity index (χ0) is 13.8. The van der Waals surface area contributed by atoms with Gasteiger partial charge in [-0.1, -0.05) is 68.8 Å². The Morgan fingerprint density at radius 2 is 1.58 bits per heavy atom. The molecule has 0 aliphatic heterocycles. The second-order valence-corrected chi connectivity index (χ2v) is 6.00. The molecule has 0 fully saturated rings. The van der Waals surface area contributed by atoms with Crippen LogP contribution in [0.15, 0.2) is 48.5 Å². The van der Waals surface area contributed by atoms with E-state index >= 15 is 0 Å². The van der Waals surface area contributed by atoms with Gasteiger partial charge in [0.15, 0.2) is 0 Å². The zero-order valence-electron chi connectivity index (χ0n) is 11.9. The summed E-state index contributed by atoms with van der Waals surface area (Å²) in [6.45, 7) is 6.68. The molecule has 0 aliphatic carbocycles. The van der Waals surface area contributed by atoms with Crippen LogP contribution in [0.3, 0.4) is 0 Å². The minimum atomic E-state index is 0.514. The van der Waals surface area contributed by atoms with Gasteiger partial charge in [-0.05, 0) is 47.1 Å². The first-order valence-corrected chi connectivity index (χ1v) is 7.28. The number of halogens is 1. The Labute approximate surface area is 121 Å². The quantitative estimate of drug-likeness (QED) is 0.659. The van der Waals surface area contributed by atoms with Gasteiger partial charge < -0.3 is 0 Å². The van der Waals surface area contributed by atoms with Gasteiger partial charge in [0.2, 0.25) is 0 Å². The normalized spacial score (nSPS) is 12.7. The minimum absolute atomic E-state index is 0.514. The fourth-order valence-corrected chi connectivity index (χ4v) is 2.65. The van der Waals surface area contributed by atoms with E-state index in [1.54, 1.807) is 0 Å². The standard InChI is InChI=1S/C18H21Cl/c1-13(2)17-10-15(11-18(19)12-17)9-14(3)16-7-5-4-6-8-16/h4-8,10-14H,9H2,1-3H3. The van der Waals surface area contributed by atoms with Gasteiger partial charge in [0.05, 0.1) is 0 Å². The van der Waals surface area contributed by atoms with Gasteiger partial charge in [0.1, 0.15) is 0 Å². The largest absolute Gasteiger partial charge is 0.0843 e. The average Bonchev–Trinajstić information content (AvgIpc) is 2.39. The molecular formula is C18H21Cl. The molecule has 2 rings (SSSR count). The molecule has 100 valence electrons. The van der Waals surface area contributed by atoms with Gasteiger partial charge in [0, 0.05) is 5.02 Å². The van der Waals surface area contributed by atoms with Crippen molar-refractivity contribution < 1.29 is 0 Å². The highest BCUT2D eigenvalue weighted by Crippen LogP contribution is 2.26. The van der Waals surface area contributed by atoms with Crippen molar-refractivity contribution in [2.75, 3.05) is 0 Å². The first-order valence-electron chi connectivity index (χ1n) is 6.90. The molecule has 19 heavy (non-hydrogen) atoms. The van der Waals surface area contributed by atoms with E-state index in [2.05, 4.69) is 69.3 Å². The van der Waals surface area contributed by atoms with Gasteiger partial charge in [-0.2, -0.15) is 0 Å². The Bertz CT molecular complexity index is 529. The average molecular weight is 273 g/mol. The van der Waals surface area contributed by atoms with E-state index in [1.165, 1.54) is 16.7 Å². The van der Waals surface area contributed by atoms with Gasteiger partial charge in [0.25, 0.3) is 0 Å². The van der Waals surface area contributed by atoms with Crippen molar-refractivity contribution in [1.82, 2.24) is 0 Å². The molecule has 1 atom stereocenters. The number of benzene rings is 2. The molecule has 0 spiro atoms. The van der Waals surface area contributed by atoms with E-state index in [0.717, 1.165) is 11.4 Å². The van der Waals surface area contributed by atoms with Crippen molar-refractivity contribution >= 4 is 11.6 Å². The molecule has 0 saturated heterocycles. The van der Waals surface area contributed by atoms with E-state index in [9.17, 15) is 0 Å². The van der Waals surface area contributed by atoms with Crippen LogP contribution in [0.5, 0.6) is 0 Å². The van der Waals surface area contributed by atoms with Crippen molar-refractivity contribution in [1.29, 1.82) is 0 Å². The highest BCUT2D eigenvalue weighted by molar-refractivity contribution is 6.30. The van der Waals surface area contributed by atoms with Crippen LogP contribution >= 0.6 is 11.6 Å². The molecule has 2 aromatic rings. The van der Waals surface area contributed by atoms with Crippen molar-refractivity contribution in [3.8, 4) is 0 Å². The van der Waals surface area contributed by atoms with Crippen LogP contribution in [0.1, 0.15) is 49.3 Å². The second-order valence-electron chi connectivity index (χ2n) is 5.56. The Balaban J connectivity index is 2.19. The number of rotatable bonds is 4. The lowest BCUT2D eigenvalue weighted by Crippen LogP contribution is -1.99. The fraction of sp³-hybridized carbons (Fsp3) is 0.333. The number of hydrogen-bond acceptors (Lipinski definition) is 0. The third-order valence-corrected chi connectivity index (χ3v) is 3.78. The van der Waals surface area contributed by atoms with Crippen LogP contribution < -0.4 is 0 Å². The topological polar surface area (TPSA) is 0 Å². The molecule has 1 heteroatoms. The molecule has 0 aliphatic rings. The van der Waals surface area contributed by atoms with Crippen LogP contribution in [0, 0.1) is 0 Å². The summed E-state index contributed by atoms with van der Waals surface area (Å²) < 4.78 is 0. The molecule has 0 bridgehead atoms. The molecule has 0 aromatic heterocycles. The Morgan fingerprint density at radius 3 is 2.21 bits per heavy atom. The van der Waals surface area contributed by atoms with Crippen molar-refractivity contribution in [2.45, 2.75) is 39.0 Å². The molecule has 0 nitrogen and oxygen atoms in total. The molecule has 0 amide bonds. The first kappa shape index (κ1) is 14.1. The van der Waals surface area contributed by atoms with Crippen LogP contribution in [0.25, 0.3) is 0 Å². The summed E-state index contributed by atoms with van der Waals surface area (Å²) in [6.07, 6.45) is 1.03. The van der Waals surface area contributed by atoms with E-state index in [-0.39, 0.29) is 0 Å². The third kappa shape index (κ3) is 3.84. The molecule has 0 radical (unpaired) electrons. The summed E-state index contributed by atoms with van der Waals surface area (Å²) in [5, 5.41) is 0.849. The first-order chi connectivity index (χ1) is 9.06. The predicted octanol–water partition coefficient (Wildman–Crippen LogP) is 5.81. The molecular weight excluding hydrogens is 252 g/mol. The van der Waals surface area contributed by atoms with Gasteiger partial charge in [-0.3, -0.25) is 0 Å². The molecule has 2 aromatic carbocycles. The maximum atomic E-state index is 6.22. The lowest BCUT2D eigenvalue weighted by Gasteiger charge is -2.14. The molecule has 1 unspecified atom stereocenters. The summed E-state index contributed by atoms with van der Waals surface area (Å²) in [5.41, 5.74) is 4.03. The summed E-state index contributed by atoms with van der Waals surface area (Å²) >= 11 is 6.22. The Kier molecular flexibility index (Phi) is 4.66. The third-order valence-electron chi connectivity index (χ3n) is 3.56. The monoisotopic (exact) mass is 272 g/mol. The number of hydrogen-bond donors (Lipinski definition) is 0. The highest BCUT2D eigenvalue weighted by atomic mass is 35.5. The van der Waals surface area contributed by atoms with Crippen LogP contribution in [0.2, 0.25) is 5.02 Å². The van der Waals surface area contributed by atoms with E-state index in [0.29, 0.717) is 11.8 Å². The second kappa shape index (κ2) is 6.25. The highest BCUT2D eigenvalue weighted by Gasteiger charge is 2.09. The SMILES string of the molecule is CC(C)c1cc(Cl)cc(CC(C)c2ccccc2)c1. The maximum absolute atomic E-state index is 6.22. The summed E-state index contributed by atoms with van der Waals surface area (Å²) in [6, 6.07) is 17.1. The van der Waals surface area contributed by atoms with Crippen molar-refractivity contribution in [3.05, 3.63) is 70.2 Å². The summed E-state index contributed by atoms with van der Waals surface area (Å²) in [7, 11) is 0. The van der Waals surface area contributed by atoms with Crippen molar-refractivity contribution in [2.24, 2.45) is 0 Å². The smallest absolute Gasteiger partial charge is 0.0411 e.